The lowest BCUT2D eigenvalue weighted by Gasteiger charge is -2.16. The van der Waals surface area contributed by atoms with Gasteiger partial charge < -0.3 is 5.73 Å². The summed E-state index contributed by atoms with van der Waals surface area (Å²) in [6.07, 6.45) is 0.908. The quantitative estimate of drug-likeness (QED) is 0.793. The van der Waals surface area contributed by atoms with Gasteiger partial charge in [0.05, 0.1) is 4.90 Å². The minimum absolute atomic E-state index is 0.162. The maximum atomic E-state index is 12.7. The maximum Gasteiger partial charge on any atom is 0.137 e. The molecule has 0 bridgehead atoms. The second kappa shape index (κ2) is 6.02. The highest BCUT2D eigenvalue weighted by Gasteiger charge is 2.14. The van der Waals surface area contributed by atoms with Crippen molar-refractivity contribution in [1.82, 2.24) is 4.72 Å². The van der Waals surface area contributed by atoms with Crippen LogP contribution in [0.15, 0.2) is 33.5 Å². The number of nitrogens with one attached hydrogen (secondary N) is 1. The molecule has 2 atom stereocenters. The fraction of sp³-hybridized carbons (Fsp3) is 0.500. The first-order valence-electron chi connectivity index (χ1n) is 5.87. The van der Waals surface area contributed by atoms with Crippen LogP contribution in [0.1, 0.15) is 27.2 Å². The van der Waals surface area contributed by atoms with Crippen molar-refractivity contribution in [2.75, 3.05) is 12.3 Å². The van der Waals surface area contributed by atoms with Gasteiger partial charge in [-0.2, -0.15) is 0 Å². The van der Waals surface area contributed by atoms with Crippen LogP contribution < -0.4 is 10.5 Å². The van der Waals surface area contributed by atoms with Gasteiger partial charge in [0.1, 0.15) is 9.92 Å². The molecule has 0 fully saturated rings. The van der Waals surface area contributed by atoms with Crippen molar-refractivity contribution in [2.24, 2.45) is 4.36 Å². The van der Waals surface area contributed by atoms with Crippen molar-refractivity contribution in [1.29, 1.82) is 0 Å². The number of hydrogen-bond donors (Lipinski definition) is 2. The van der Waals surface area contributed by atoms with Crippen molar-refractivity contribution in [3.63, 3.8) is 0 Å². The molecule has 0 saturated heterocycles. The van der Waals surface area contributed by atoms with Gasteiger partial charge >= 0.3 is 0 Å². The normalized spacial score (nSPS) is 16.2. The van der Waals surface area contributed by atoms with Gasteiger partial charge in [-0.15, -0.1) is 0 Å². The molecule has 0 aliphatic heterocycles. The number of nitrogens with two attached hydrogens (primary N) is 1. The zero-order chi connectivity index (χ0) is 12.9. The highest BCUT2D eigenvalue weighted by molar-refractivity contribution is 7.91. The van der Waals surface area contributed by atoms with Crippen LogP contribution in [0, 0.1) is 0 Å². The zero-order valence-corrected chi connectivity index (χ0v) is 11.5. The molecule has 3 N–H and O–H groups in total. The Morgan fingerprint density at radius 2 is 1.94 bits per heavy atom. The van der Waals surface area contributed by atoms with Crippen molar-refractivity contribution in [3.8, 4) is 0 Å². The predicted octanol–water partition coefficient (Wildman–Crippen LogP) is 2.42. The summed E-state index contributed by atoms with van der Waals surface area (Å²) in [6, 6.07) is 7.20. The van der Waals surface area contributed by atoms with Crippen molar-refractivity contribution in [3.05, 3.63) is 24.3 Å². The van der Waals surface area contributed by atoms with E-state index in [4.69, 9.17) is 5.73 Å². The van der Waals surface area contributed by atoms with Crippen LogP contribution in [0.25, 0.3) is 0 Å². The molecule has 0 saturated carbocycles. The third-order valence-electron chi connectivity index (χ3n) is 2.48. The van der Waals surface area contributed by atoms with E-state index in [1.54, 1.807) is 24.3 Å². The van der Waals surface area contributed by atoms with E-state index in [-0.39, 0.29) is 6.04 Å². The van der Waals surface area contributed by atoms with Crippen LogP contribution in [0.4, 0.5) is 5.69 Å². The third-order valence-corrected chi connectivity index (χ3v) is 4.74. The van der Waals surface area contributed by atoms with Crippen LogP contribution >= 0.6 is 0 Å². The Morgan fingerprint density at radius 1 is 1.35 bits per heavy atom. The molecule has 17 heavy (non-hydrogen) atoms. The molecule has 0 aliphatic carbocycles. The highest BCUT2D eigenvalue weighted by Crippen LogP contribution is 2.15. The van der Waals surface area contributed by atoms with Crippen LogP contribution in [-0.2, 0) is 9.92 Å². The summed E-state index contributed by atoms with van der Waals surface area (Å²) in [5.74, 6) is 0. The summed E-state index contributed by atoms with van der Waals surface area (Å²) in [5, 5.41) is 0. The molecule has 2 unspecified atom stereocenters. The number of anilines is 1. The molecule has 0 amide bonds. The maximum absolute atomic E-state index is 12.7. The molecule has 5 heteroatoms. The molecular formula is C12H21N3OS. The van der Waals surface area contributed by atoms with Crippen LogP contribution in [0.3, 0.4) is 0 Å². The lowest BCUT2D eigenvalue weighted by Crippen LogP contribution is -2.32. The molecule has 4 nitrogen and oxygen atoms in total. The third kappa shape index (κ3) is 3.71. The van der Waals surface area contributed by atoms with E-state index in [1.807, 2.05) is 20.8 Å². The second-order valence-corrected chi connectivity index (χ2v) is 5.98. The zero-order valence-electron chi connectivity index (χ0n) is 10.6. The number of nitrogen functional groups attached to an aromatic ring is 1. The topological polar surface area (TPSA) is 67.5 Å². The van der Waals surface area contributed by atoms with Gasteiger partial charge in [0.2, 0.25) is 0 Å². The predicted molar refractivity (Wildman–Crippen MR) is 73.1 cm³/mol. The van der Waals surface area contributed by atoms with E-state index in [2.05, 4.69) is 9.08 Å². The molecule has 0 heterocycles. The first kappa shape index (κ1) is 14.0. The number of benzene rings is 1. The second-order valence-electron chi connectivity index (χ2n) is 3.97. The molecular weight excluding hydrogens is 234 g/mol. The Balaban J connectivity index is 3.13. The standard InChI is InChI=1S/C12H21N3OS/c1-4-10(3)15-17(16,14-5-2)12-8-6-11(13)7-9-12/h6-10H,4-5,13H2,1-3H3,(H,14,15,16). The van der Waals surface area contributed by atoms with Gasteiger partial charge in [0.25, 0.3) is 0 Å². The van der Waals surface area contributed by atoms with Gasteiger partial charge in [-0.1, -0.05) is 6.92 Å². The Hall–Kier alpha value is -1.07. The van der Waals surface area contributed by atoms with Gasteiger partial charge in [-0.05, 0) is 44.5 Å². The molecule has 1 aromatic rings. The minimum atomic E-state index is -2.53. The molecule has 0 aliphatic rings. The monoisotopic (exact) mass is 255 g/mol. The van der Waals surface area contributed by atoms with E-state index in [9.17, 15) is 4.21 Å². The summed E-state index contributed by atoms with van der Waals surface area (Å²) >= 11 is 0. The first-order valence-corrected chi connectivity index (χ1v) is 7.39. The largest absolute Gasteiger partial charge is 0.399 e. The smallest absolute Gasteiger partial charge is 0.137 e. The molecule has 0 radical (unpaired) electrons. The number of hydrogen-bond acceptors (Lipinski definition) is 3. The Labute approximate surface area is 104 Å². The Kier molecular flexibility index (Phi) is 4.96. The molecule has 1 rings (SSSR count). The van der Waals surface area contributed by atoms with Gasteiger partial charge in [0, 0.05) is 18.3 Å². The van der Waals surface area contributed by atoms with Gasteiger partial charge in [-0.3, -0.25) is 0 Å². The SMILES string of the molecule is CCN=S(=O)(NC(C)CC)c1ccc(N)cc1. The van der Waals surface area contributed by atoms with Crippen molar-refractivity contribution < 1.29 is 4.21 Å². The number of nitrogens with zero attached hydrogens (tertiary/aromatic N) is 1. The Bertz CT molecular complexity index is 461. The molecule has 1 aromatic carbocycles. The summed E-state index contributed by atoms with van der Waals surface area (Å²) < 4.78 is 20.1. The summed E-state index contributed by atoms with van der Waals surface area (Å²) in [6.45, 7) is 6.45. The van der Waals surface area contributed by atoms with E-state index in [1.165, 1.54) is 0 Å². The number of rotatable bonds is 5. The highest BCUT2D eigenvalue weighted by atomic mass is 32.2. The molecule has 0 aromatic heterocycles. The Morgan fingerprint density at radius 3 is 2.41 bits per heavy atom. The molecule has 0 spiro atoms. The minimum Gasteiger partial charge on any atom is -0.399 e. The van der Waals surface area contributed by atoms with Crippen LogP contribution in [0.5, 0.6) is 0 Å². The van der Waals surface area contributed by atoms with Gasteiger partial charge in [0.15, 0.2) is 0 Å². The fourth-order valence-electron chi connectivity index (χ4n) is 1.37. The summed E-state index contributed by atoms with van der Waals surface area (Å²) in [4.78, 5) is 0.689. The summed E-state index contributed by atoms with van der Waals surface area (Å²) in [5.41, 5.74) is 6.29. The lowest BCUT2D eigenvalue weighted by atomic mass is 10.3. The average molecular weight is 255 g/mol. The first-order chi connectivity index (χ1) is 8.01. The molecule has 96 valence electrons. The van der Waals surface area contributed by atoms with Crippen molar-refractivity contribution >= 4 is 15.6 Å². The van der Waals surface area contributed by atoms with E-state index in [0.29, 0.717) is 17.1 Å². The van der Waals surface area contributed by atoms with Gasteiger partial charge in [-0.25, -0.2) is 13.3 Å². The van der Waals surface area contributed by atoms with Crippen LogP contribution in [0.2, 0.25) is 0 Å². The van der Waals surface area contributed by atoms with E-state index < -0.39 is 9.92 Å². The van der Waals surface area contributed by atoms with E-state index in [0.717, 1.165) is 6.42 Å². The van der Waals surface area contributed by atoms with Crippen LogP contribution in [-0.4, -0.2) is 16.8 Å². The fourth-order valence-corrected chi connectivity index (χ4v) is 3.31. The summed E-state index contributed by atoms with van der Waals surface area (Å²) in [7, 11) is -2.53. The average Bonchev–Trinajstić information content (AvgIpc) is 2.29. The van der Waals surface area contributed by atoms with Crippen molar-refractivity contribution in [2.45, 2.75) is 38.1 Å². The lowest BCUT2D eigenvalue weighted by molar-refractivity contribution is 0.616. The van der Waals surface area contributed by atoms with E-state index >= 15 is 0 Å².